The van der Waals surface area contributed by atoms with Crippen molar-refractivity contribution in [1.29, 1.82) is 0 Å². The molecule has 0 radical (unpaired) electrons. The maximum Gasteiger partial charge on any atom is 0.331 e. The van der Waals surface area contributed by atoms with E-state index in [0.717, 1.165) is 5.56 Å². The molecule has 1 aliphatic heterocycles. The number of hydrogen-bond donors (Lipinski definition) is 0. The lowest BCUT2D eigenvalue weighted by atomic mass is 9.80. The second kappa shape index (κ2) is 4.77. The number of Topliss-reactive ketones (excluding diaryl/α,β-unsaturated/α-hetero) is 1. The van der Waals surface area contributed by atoms with Gasteiger partial charge in [0.15, 0.2) is 5.60 Å². The van der Waals surface area contributed by atoms with Crippen LogP contribution in [0.1, 0.15) is 25.8 Å². The third-order valence-corrected chi connectivity index (χ3v) is 3.29. The number of rotatable bonds is 4. The molecule has 0 saturated heterocycles. The molecule has 3 heteroatoms. The van der Waals surface area contributed by atoms with Gasteiger partial charge in [-0.05, 0) is 18.6 Å². The van der Waals surface area contributed by atoms with Crippen LogP contribution in [0.2, 0.25) is 0 Å². The van der Waals surface area contributed by atoms with Gasteiger partial charge >= 0.3 is 5.97 Å². The molecule has 1 aromatic carbocycles. The number of ketones is 1. The van der Waals surface area contributed by atoms with E-state index in [2.05, 4.69) is 0 Å². The van der Waals surface area contributed by atoms with Crippen molar-refractivity contribution in [3.05, 3.63) is 48.0 Å². The topological polar surface area (TPSA) is 43.4 Å². The van der Waals surface area contributed by atoms with E-state index in [1.807, 2.05) is 37.3 Å². The van der Waals surface area contributed by atoms with Crippen molar-refractivity contribution in [3.8, 4) is 0 Å². The van der Waals surface area contributed by atoms with Gasteiger partial charge in [-0.25, -0.2) is 4.79 Å². The molecule has 3 nitrogen and oxygen atoms in total. The molecule has 0 N–H and O–H groups in total. The van der Waals surface area contributed by atoms with Crippen LogP contribution >= 0.6 is 0 Å². The zero-order chi connectivity index (χ0) is 13.2. The number of benzene rings is 1. The predicted octanol–water partition coefficient (Wildman–Crippen LogP) is 2.61. The lowest BCUT2D eigenvalue weighted by Gasteiger charge is -2.33. The first-order valence-electron chi connectivity index (χ1n) is 6.02. The average Bonchev–Trinajstić information content (AvgIpc) is 2.73. The van der Waals surface area contributed by atoms with Crippen LogP contribution < -0.4 is 0 Å². The van der Waals surface area contributed by atoms with Crippen LogP contribution in [-0.4, -0.2) is 11.8 Å². The largest absolute Gasteiger partial charge is 0.446 e. The van der Waals surface area contributed by atoms with Crippen molar-refractivity contribution in [1.82, 2.24) is 0 Å². The fraction of sp³-hybridized carbons (Fsp3) is 0.333. The summed E-state index contributed by atoms with van der Waals surface area (Å²) in [6.07, 6.45) is 3.58. The normalized spacial score (nSPS) is 23.8. The highest BCUT2D eigenvalue weighted by atomic mass is 16.6. The molecule has 0 aliphatic carbocycles. The Kier molecular flexibility index (Phi) is 3.32. The molecule has 0 spiro atoms. The Morgan fingerprint density at radius 2 is 2.00 bits per heavy atom. The highest BCUT2D eigenvalue weighted by molar-refractivity contribution is 5.86. The molecule has 2 rings (SSSR count). The zero-order valence-corrected chi connectivity index (χ0v) is 10.6. The van der Waals surface area contributed by atoms with E-state index in [1.165, 1.54) is 6.08 Å². The van der Waals surface area contributed by atoms with Gasteiger partial charge in [-0.2, -0.15) is 0 Å². The summed E-state index contributed by atoms with van der Waals surface area (Å²) in [6.45, 7) is 3.48. The number of ether oxygens (including phenoxy) is 1. The van der Waals surface area contributed by atoms with Crippen molar-refractivity contribution in [2.45, 2.75) is 25.9 Å². The first-order valence-corrected chi connectivity index (χ1v) is 6.02. The quantitative estimate of drug-likeness (QED) is 0.765. The van der Waals surface area contributed by atoms with Gasteiger partial charge in [0.2, 0.25) is 0 Å². The van der Waals surface area contributed by atoms with Crippen molar-refractivity contribution < 1.29 is 14.3 Å². The summed E-state index contributed by atoms with van der Waals surface area (Å²) < 4.78 is 5.50. The second-order valence-corrected chi connectivity index (χ2v) is 4.72. The Morgan fingerprint density at radius 1 is 1.33 bits per heavy atom. The van der Waals surface area contributed by atoms with Gasteiger partial charge in [-0.1, -0.05) is 37.3 Å². The van der Waals surface area contributed by atoms with Crippen LogP contribution in [0, 0.1) is 5.92 Å². The van der Waals surface area contributed by atoms with Crippen molar-refractivity contribution >= 4 is 11.8 Å². The summed E-state index contributed by atoms with van der Waals surface area (Å²) in [5.41, 5.74) is 0.102. The molecular formula is C15H16O3. The van der Waals surface area contributed by atoms with Crippen molar-refractivity contribution in [2.75, 3.05) is 0 Å². The number of esters is 1. The van der Waals surface area contributed by atoms with Crippen LogP contribution in [0.4, 0.5) is 0 Å². The molecule has 0 saturated carbocycles. The predicted molar refractivity (Wildman–Crippen MR) is 67.8 cm³/mol. The molecule has 0 amide bonds. The highest BCUT2D eigenvalue weighted by Crippen LogP contribution is 2.40. The summed E-state index contributed by atoms with van der Waals surface area (Å²) in [6, 6.07) is 9.54. The Labute approximate surface area is 106 Å². The van der Waals surface area contributed by atoms with Crippen LogP contribution in [0.3, 0.4) is 0 Å². The van der Waals surface area contributed by atoms with Crippen LogP contribution in [0.15, 0.2) is 42.5 Å². The molecule has 0 unspecified atom stereocenters. The van der Waals surface area contributed by atoms with E-state index in [-0.39, 0.29) is 17.7 Å². The van der Waals surface area contributed by atoms with E-state index >= 15 is 0 Å². The zero-order valence-electron chi connectivity index (χ0n) is 10.6. The van der Waals surface area contributed by atoms with Crippen LogP contribution in [0.25, 0.3) is 0 Å². The van der Waals surface area contributed by atoms with Gasteiger partial charge in [-0.3, -0.25) is 0 Å². The molecule has 1 heterocycles. The summed E-state index contributed by atoms with van der Waals surface area (Å²) in [4.78, 5) is 22.7. The first-order chi connectivity index (χ1) is 8.54. The summed E-state index contributed by atoms with van der Waals surface area (Å²) in [7, 11) is 0. The van der Waals surface area contributed by atoms with E-state index in [1.54, 1.807) is 13.0 Å². The van der Waals surface area contributed by atoms with Crippen molar-refractivity contribution in [2.24, 2.45) is 5.92 Å². The molecular weight excluding hydrogens is 228 g/mol. The molecule has 1 aliphatic rings. The maximum absolute atomic E-state index is 11.4. The molecule has 94 valence electrons. The summed E-state index contributed by atoms with van der Waals surface area (Å²) in [5, 5.41) is 0. The minimum absolute atomic E-state index is 0.0832. The van der Waals surface area contributed by atoms with Gasteiger partial charge < -0.3 is 9.53 Å². The van der Waals surface area contributed by atoms with Gasteiger partial charge in [0.25, 0.3) is 0 Å². The van der Waals surface area contributed by atoms with Gasteiger partial charge in [0, 0.05) is 18.4 Å². The van der Waals surface area contributed by atoms with Gasteiger partial charge in [-0.15, -0.1) is 0 Å². The SMILES string of the molecule is CC(=O)C[C@H](C)[C@]1(c2ccccc2)C=CC(=O)O1. The third-order valence-electron chi connectivity index (χ3n) is 3.29. The molecule has 1 aromatic rings. The number of hydrogen-bond acceptors (Lipinski definition) is 3. The highest BCUT2D eigenvalue weighted by Gasteiger charge is 2.42. The smallest absolute Gasteiger partial charge is 0.331 e. The third kappa shape index (κ3) is 2.21. The average molecular weight is 244 g/mol. The Hall–Kier alpha value is -1.90. The van der Waals surface area contributed by atoms with E-state index in [4.69, 9.17) is 4.74 Å². The fourth-order valence-electron chi connectivity index (χ4n) is 2.41. The molecule has 0 bridgehead atoms. The van der Waals surface area contributed by atoms with E-state index in [0.29, 0.717) is 6.42 Å². The summed E-state index contributed by atoms with van der Waals surface area (Å²) >= 11 is 0. The molecule has 18 heavy (non-hydrogen) atoms. The Bertz CT molecular complexity index is 490. The van der Waals surface area contributed by atoms with Crippen LogP contribution in [0.5, 0.6) is 0 Å². The molecule has 2 atom stereocenters. The Balaban J connectivity index is 2.39. The van der Waals surface area contributed by atoms with E-state index in [9.17, 15) is 9.59 Å². The number of carbonyl (C=O) groups excluding carboxylic acids is 2. The van der Waals surface area contributed by atoms with Gasteiger partial charge in [0.05, 0.1) is 0 Å². The van der Waals surface area contributed by atoms with Crippen LogP contribution in [-0.2, 0) is 19.9 Å². The summed E-state index contributed by atoms with van der Waals surface area (Å²) in [5.74, 6) is -0.344. The van der Waals surface area contributed by atoms with Crippen molar-refractivity contribution in [3.63, 3.8) is 0 Å². The number of cyclic esters (lactones) is 1. The second-order valence-electron chi connectivity index (χ2n) is 4.72. The lowest BCUT2D eigenvalue weighted by molar-refractivity contribution is -0.151. The molecule has 0 fully saturated rings. The van der Waals surface area contributed by atoms with E-state index < -0.39 is 5.60 Å². The number of carbonyl (C=O) groups is 2. The standard InChI is InChI=1S/C15H16O3/c1-11(10-12(2)16)15(9-8-14(17)18-15)13-6-4-3-5-7-13/h3-9,11H,10H2,1-2H3/t11-,15-/m0/s1. The monoisotopic (exact) mass is 244 g/mol. The Morgan fingerprint density at radius 3 is 2.50 bits per heavy atom. The lowest BCUT2D eigenvalue weighted by Crippen LogP contribution is -2.34. The maximum atomic E-state index is 11.4. The molecule has 0 aromatic heterocycles. The fourth-order valence-corrected chi connectivity index (χ4v) is 2.41. The minimum Gasteiger partial charge on any atom is -0.446 e. The minimum atomic E-state index is -0.802. The first kappa shape index (κ1) is 12.6. The van der Waals surface area contributed by atoms with Gasteiger partial charge in [0.1, 0.15) is 5.78 Å².